The van der Waals surface area contributed by atoms with E-state index >= 15 is 0 Å². The standard InChI is InChI=1S/C18H19N3O2S2/c1-9-5-6-13(10(2)7-9)19-14(22)8-24-18-20-16(23)15-11(3)12(4)25-17(15)21-18/h5-7H,8H2,1-4H3,(H,19,22)(H,20,21,23). The maximum atomic E-state index is 12.2. The summed E-state index contributed by atoms with van der Waals surface area (Å²) in [5, 5.41) is 4.01. The summed E-state index contributed by atoms with van der Waals surface area (Å²) in [6.07, 6.45) is 0. The van der Waals surface area contributed by atoms with Gasteiger partial charge < -0.3 is 10.3 Å². The summed E-state index contributed by atoms with van der Waals surface area (Å²) in [5.41, 5.74) is 3.80. The zero-order valence-electron chi connectivity index (χ0n) is 14.5. The zero-order valence-corrected chi connectivity index (χ0v) is 16.2. The number of hydrogen-bond acceptors (Lipinski definition) is 5. The van der Waals surface area contributed by atoms with Crippen LogP contribution in [0, 0.1) is 27.7 Å². The van der Waals surface area contributed by atoms with Gasteiger partial charge in [-0.2, -0.15) is 0 Å². The van der Waals surface area contributed by atoms with Crippen molar-refractivity contribution in [3.8, 4) is 0 Å². The van der Waals surface area contributed by atoms with Crippen LogP contribution in [0.3, 0.4) is 0 Å². The molecule has 7 heteroatoms. The highest BCUT2D eigenvalue weighted by Crippen LogP contribution is 2.27. The molecule has 3 rings (SSSR count). The fourth-order valence-corrected chi connectivity index (χ4v) is 4.33. The van der Waals surface area contributed by atoms with Gasteiger partial charge >= 0.3 is 0 Å². The van der Waals surface area contributed by atoms with Gasteiger partial charge in [0.1, 0.15) is 4.83 Å². The Bertz CT molecular complexity index is 1020. The molecule has 2 heterocycles. The average Bonchev–Trinajstić information content (AvgIpc) is 2.83. The zero-order chi connectivity index (χ0) is 18.1. The van der Waals surface area contributed by atoms with E-state index in [0.29, 0.717) is 10.5 Å². The lowest BCUT2D eigenvalue weighted by atomic mass is 10.1. The van der Waals surface area contributed by atoms with Gasteiger partial charge in [-0.3, -0.25) is 9.59 Å². The number of thioether (sulfide) groups is 1. The molecule has 1 aromatic carbocycles. The Hall–Kier alpha value is -2.12. The second kappa shape index (κ2) is 7.01. The van der Waals surface area contributed by atoms with E-state index < -0.39 is 0 Å². The number of nitrogens with zero attached hydrogens (tertiary/aromatic N) is 1. The van der Waals surface area contributed by atoms with E-state index in [4.69, 9.17) is 0 Å². The Morgan fingerprint density at radius 1 is 1.28 bits per heavy atom. The highest BCUT2D eigenvalue weighted by atomic mass is 32.2. The van der Waals surface area contributed by atoms with E-state index in [1.165, 1.54) is 23.1 Å². The molecule has 25 heavy (non-hydrogen) atoms. The van der Waals surface area contributed by atoms with Crippen LogP contribution in [0.25, 0.3) is 10.2 Å². The number of hydrogen-bond donors (Lipinski definition) is 2. The summed E-state index contributed by atoms with van der Waals surface area (Å²) < 4.78 is 0. The van der Waals surface area contributed by atoms with Gasteiger partial charge in [-0.05, 0) is 44.9 Å². The van der Waals surface area contributed by atoms with Gasteiger partial charge in [-0.25, -0.2) is 4.98 Å². The number of anilines is 1. The van der Waals surface area contributed by atoms with Gasteiger partial charge in [0.15, 0.2) is 5.16 Å². The summed E-state index contributed by atoms with van der Waals surface area (Å²) >= 11 is 2.73. The lowest BCUT2D eigenvalue weighted by molar-refractivity contribution is -0.113. The third kappa shape index (κ3) is 3.77. The van der Waals surface area contributed by atoms with Gasteiger partial charge in [0.25, 0.3) is 5.56 Å². The molecule has 0 bridgehead atoms. The quantitative estimate of drug-likeness (QED) is 0.536. The molecule has 0 saturated heterocycles. The second-order valence-electron chi connectivity index (χ2n) is 5.99. The van der Waals surface area contributed by atoms with Gasteiger partial charge in [-0.15, -0.1) is 11.3 Å². The van der Waals surface area contributed by atoms with Crippen molar-refractivity contribution in [1.29, 1.82) is 0 Å². The topological polar surface area (TPSA) is 74.8 Å². The van der Waals surface area contributed by atoms with E-state index in [0.717, 1.165) is 32.1 Å². The van der Waals surface area contributed by atoms with Crippen molar-refractivity contribution < 1.29 is 4.79 Å². The number of aromatic amines is 1. The van der Waals surface area contributed by atoms with Crippen LogP contribution in [0.5, 0.6) is 0 Å². The van der Waals surface area contributed by atoms with Gasteiger partial charge in [-0.1, -0.05) is 29.5 Å². The van der Waals surface area contributed by atoms with E-state index in [-0.39, 0.29) is 17.2 Å². The molecule has 0 aliphatic carbocycles. The summed E-state index contributed by atoms with van der Waals surface area (Å²) in [7, 11) is 0. The molecule has 0 spiro atoms. The van der Waals surface area contributed by atoms with Crippen LogP contribution < -0.4 is 10.9 Å². The maximum absolute atomic E-state index is 12.2. The number of H-pyrrole nitrogens is 1. The first-order chi connectivity index (χ1) is 11.8. The minimum atomic E-state index is -0.149. The molecule has 0 radical (unpaired) electrons. The molecule has 0 unspecified atom stereocenters. The number of rotatable bonds is 4. The normalized spacial score (nSPS) is 11.0. The number of fused-ring (bicyclic) bond motifs is 1. The Morgan fingerprint density at radius 3 is 2.76 bits per heavy atom. The minimum absolute atomic E-state index is 0.127. The van der Waals surface area contributed by atoms with Crippen molar-refractivity contribution in [2.45, 2.75) is 32.9 Å². The molecule has 0 aliphatic heterocycles. The number of benzene rings is 1. The molecule has 3 aromatic rings. The smallest absolute Gasteiger partial charge is 0.260 e. The van der Waals surface area contributed by atoms with E-state index in [2.05, 4.69) is 15.3 Å². The number of amides is 1. The highest BCUT2D eigenvalue weighted by Gasteiger charge is 2.13. The molecule has 0 aliphatic rings. The summed E-state index contributed by atoms with van der Waals surface area (Å²) in [4.78, 5) is 33.5. The summed E-state index contributed by atoms with van der Waals surface area (Å²) in [6.45, 7) is 7.88. The van der Waals surface area contributed by atoms with Crippen molar-refractivity contribution in [2.24, 2.45) is 0 Å². The Balaban J connectivity index is 1.72. The molecule has 0 saturated carbocycles. The lowest BCUT2D eigenvalue weighted by Gasteiger charge is -2.08. The van der Waals surface area contributed by atoms with Crippen LogP contribution in [0.15, 0.2) is 28.2 Å². The molecule has 2 aromatic heterocycles. The van der Waals surface area contributed by atoms with Crippen LogP contribution in [-0.4, -0.2) is 21.6 Å². The molecular formula is C18H19N3O2S2. The lowest BCUT2D eigenvalue weighted by Crippen LogP contribution is -2.16. The fourth-order valence-electron chi connectivity index (χ4n) is 2.58. The van der Waals surface area contributed by atoms with Gasteiger partial charge in [0.05, 0.1) is 11.1 Å². The number of carbonyl (C=O) groups excluding carboxylic acids is 1. The minimum Gasteiger partial charge on any atom is -0.325 e. The van der Waals surface area contributed by atoms with E-state index in [1.54, 1.807) is 0 Å². The molecule has 130 valence electrons. The third-order valence-electron chi connectivity index (χ3n) is 4.01. The van der Waals surface area contributed by atoms with Crippen LogP contribution in [0.2, 0.25) is 0 Å². The number of nitrogens with one attached hydrogen (secondary N) is 2. The molecule has 0 fully saturated rings. The summed E-state index contributed by atoms with van der Waals surface area (Å²) in [6, 6.07) is 5.89. The molecule has 1 amide bonds. The van der Waals surface area contributed by atoms with Gasteiger partial charge in [0.2, 0.25) is 5.91 Å². The Labute approximate surface area is 153 Å². The monoisotopic (exact) mass is 373 g/mol. The number of thiophene rings is 1. The molecular weight excluding hydrogens is 354 g/mol. The molecule has 2 N–H and O–H groups in total. The second-order valence-corrected chi connectivity index (χ2v) is 8.16. The van der Waals surface area contributed by atoms with Crippen molar-refractivity contribution in [1.82, 2.24) is 9.97 Å². The maximum Gasteiger partial charge on any atom is 0.260 e. The van der Waals surface area contributed by atoms with Crippen molar-refractivity contribution in [2.75, 3.05) is 11.1 Å². The fraction of sp³-hybridized carbons (Fsp3) is 0.278. The van der Waals surface area contributed by atoms with E-state index in [1.807, 2.05) is 45.9 Å². The molecule has 5 nitrogen and oxygen atoms in total. The predicted molar refractivity (Wildman–Crippen MR) is 105 cm³/mol. The van der Waals surface area contributed by atoms with Crippen LogP contribution in [-0.2, 0) is 4.79 Å². The average molecular weight is 374 g/mol. The van der Waals surface area contributed by atoms with Crippen LogP contribution >= 0.6 is 23.1 Å². The van der Waals surface area contributed by atoms with Gasteiger partial charge in [0, 0.05) is 10.6 Å². The molecule has 0 atom stereocenters. The number of carbonyl (C=O) groups is 1. The number of aryl methyl sites for hydroxylation is 4. The Morgan fingerprint density at radius 2 is 2.04 bits per heavy atom. The van der Waals surface area contributed by atoms with Crippen LogP contribution in [0.1, 0.15) is 21.6 Å². The summed E-state index contributed by atoms with van der Waals surface area (Å²) in [5.74, 6) is 0.0590. The number of aromatic nitrogens is 2. The van der Waals surface area contributed by atoms with Crippen molar-refractivity contribution in [3.63, 3.8) is 0 Å². The van der Waals surface area contributed by atoms with Crippen LogP contribution in [0.4, 0.5) is 5.69 Å². The highest BCUT2D eigenvalue weighted by molar-refractivity contribution is 7.99. The van der Waals surface area contributed by atoms with Crippen molar-refractivity contribution >= 4 is 44.9 Å². The first-order valence-corrected chi connectivity index (χ1v) is 9.65. The Kier molecular flexibility index (Phi) is 4.96. The first-order valence-electron chi connectivity index (χ1n) is 7.85. The third-order valence-corrected chi connectivity index (χ3v) is 5.99. The van der Waals surface area contributed by atoms with Crippen molar-refractivity contribution in [3.05, 3.63) is 50.1 Å². The SMILES string of the molecule is Cc1ccc(NC(=O)CSc2nc3sc(C)c(C)c3c(=O)[nH]2)c(C)c1. The van der Waals surface area contributed by atoms with E-state index in [9.17, 15) is 9.59 Å². The largest absolute Gasteiger partial charge is 0.325 e. The first kappa shape index (κ1) is 17.7. The predicted octanol–water partition coefficient (Wildman–Crippen LogP) is 3.95.